The fourth-order valence-corrected chi connectivity index (χ4v) is 1.87. The van der Waals surface area contributed by atoms with Gasteiger partial charge in [-0.15, -0.1) is 0 Å². The van der Waals surface area contributed by atoms with Crippen molar-refractivity contribution in [2.24, 2.45) is 5.10 Å². The molecule has 1 aliphatic heterocycles. The minimum absolute atomic E-state index is 0.00671. The third kappa shape index (κ3) is 4.24. The Morgan fingerprint density at radius 1 is 1.50 bits per heavy atom. The van der Waals surface area contributed by atoms with Gasteiger partial charge in [0.2, 0.25) is 0 Å². The molecule has 1 aliphatic rings. The molecule has 1 amide bonds. The number of aliphatic hydroxyl groups is 1. The number of nitro groups is 1. The van der Waals surface area contributed by atoms with Gasteiger partial charge in [0.15, 0.2) is 0 Å². The van der Waals surface area contributed by atoms with Crippen LogP contribution in [0.25, 0.3) is 0 Å². The summed E-state index contributed by atoms with van der Waals surface area (Å²) < 4.78 is 5.10. The lowest BCUT2D eigenvalue weighted by molar-refractivity contribution is -0.384. The molecule has 9 heteroatoms. The summed E-state index contributed by atoms with van der Waals surface area (Å²) in [5.74, 6) is 0. The van der Waals surface area contributed by atoms with Crippen molar-refractivity contribution >= 4 is 18.0 Å². The standard InChI is InChI=1S/C13H16N4O5/c18-6-5-14-8-12-9-16(13(19)22-12)15-7-10-1-3-11(4-2-10)17(20)21/h1-4,7,12,14,18H,5-6,8-9H2. The average molecular weight is 308 g/mol. The summed E-state index contributed by atoms with van der Waals surface area (Å²) in [6.45, 7) is 1.19. The predicted octanol–water partition coefficient (Wildman–Crippen LogP) is 0.331. The quantitative estimate of drug-likeness (QED) is 0.324. The number of amides is 1. The van der Waals surface area contributed by atoms with Crippen LogP contribution < -0.4 is 5.32 Å². The van der Waals surface area contributed by atoms with Gasteiger partial charge in [-0.2, -0.15) is 10.1 Å². The lowest BCUT2D eigenvalue weighted by atomic mass is 10.2. The summed E-state index contributed by atoms with van der Waals surface area (Å²) in [6.07, 6.45) is 0.566. The molecule has 1 aromatic rings. The smallest absolute Gasteiger partial charge is 0.430 e. The second-order valence-electron chi connectivity index (χ2n) is 4.61. The summed E-state index contributed by atoms with van der Waals surface area (Å²) in [4.78, 5) is 21.7. The zero-order valence-corrected chi connectivity index (χ0v) is 11.7. The minimum atomic E-state index is -0.547. The first-order chi connectivity index (χ1) is 10.6. The van der Waals surface area contributed by atoms with Crippen LogP contribution in [-0.2, 0) is 4.74 Å². The number of rotatable bonds is 7. The molecule has 0 bridgehead atoms. The summed E-state index contributed by atoms with van der Waals surface area (Å²) in [6, 6.07) is 5.82. The van der Waals surface area contributed by atoms with Crippen LogP contribution in [0, 0.1) is 10.1 Å². The number of benzene rings is 1. The maximum atomic E-state index is 11.6. The molecular weight excluding hydrogens is 292 g/mol. The maximum Gasteiger partial charge on any atom is 0.430 e. The Kier molecular flexibility index (Phi) is 5.39. The molecule has 1 unspecified atom stereocenters. The van der Waals surface area contributed by atoms with E-state index < -0.39 is 11.0 Å². The van der Waals surface area contributed by atoms with Crippen molar-refractivity contribution in [2.45, 2.75) is 6.10 Å². The van der Waals surface area contributed by atoms with Crippen LogP contribution >= 0.6 is 0 Å². The highest BCUT2D eigenvalue weighted by atomic mass is 16.6. The molecule has 1 saturated heterocycles. The second kappa shape index (κ2) is 7.48. The van der Waals surface area contributed by atoms with Crippen molar-refractivity contribution in [3.8, 4) is 0 Å². The number of nitro benzene ring substituents is 1. The van der Waals surface area contributed by atoms with Crippen LogP contribution in [0.1, 0.15) is 5.56 Å². The van der Waals surface area contributed by atoms with Gasteiger partial charge in [-0.3, -0.25) is 10.1 Å². The molecule has 0 aliphatic carbocycles. The summed E-state index contributed by atoms with van der Waals surface area (Å²) in [5, 5.41) is 27.3. The fraction of sp³-hybridized carbons (Fsp3) is 0.385. The summed E-state index contributed by atoms with van der Waals surface area (Å²) >= 11 is 0. The molecule has 0 spiro atoms. The lowest BCUT2D eigenvalue weighted by Crippen LogP contribution is -2.31. The normalized spacial score (nSPS) is 18.0. The zero-order valence-electron chi connectivity index (χ0n) is 11.7. The SMILES string of the molecule is O=C1OC(CNCCO)CN1N=Cc1ccc([N+](=O)[O-])cc1. The molecule has 0 aromatic heterocycles. The van der Waals surface area contributed by atoms with Gasteiger partial charge in [0.25, 0.3) is 5.69 Å². The van der Waals surface area contributed by atoms with E-state index in [-0.39, 0.29) is 18.4 Å². The summed E-state index contributed by atoms with van der Waals surface area (Å²) in [7, 11) is 0. The maximum absolute atomic E-state index is 11.6. The van der Waals surface area contributed by atoms with Crippen molar-refractivity contribution in [3.63, 3.8) is 0 Å². The van der Waals surface area contributed by atoms with Crippen molar-refractivity contribution in [1.29, 1.82) is 0 Å². The van der Waals surface area contributed by atoms with Crippen LogP contribution in [0.15, 0.2) is 29.4 Å². The Morgan fingerprint density at radius 2 is 2.23 bits per heavy atom. The van der Waals surface area contributed by atoms with E-state index in [2.05, 4.69) is 10.4 Å². The molecule has 22 heavy (non-hydrogen) atoms. The Bertz CT molecular complexity index is 560. The molecule has 1 heterocycles. The Morgan fingerprint density at radius 3 is 2.86 bits per heavy atom. The number of aliphatic hydroxyl groups excluding tert-OH is 1. The highest BCUT2D eigenvalue weighted by Gasteiger charge is 2.30. The Balaban J connectivity index is 1.89. The monoisotopic (exact) mass is 308 g/mol. The van der Waals surface area contributed by atoms with Gasteiger partial charge in [0, 0.05) is 25.2 Å². The third-order valence-electron chi connectivity index (χ3n) is 2.97. The van der Waals surface area contributed by atoms with E-state index in [0.29, 0.717) is 25.2 Å². The van der Waals surface area contributed by atoms with Gasteiger partial charge in [-0.1, -0.05) is 0 Å². The highest BCUT2D eigenvalue weighted by Crippen LogP contribution is 2.13. The fourth-order valence-electron chi connectivity index (χ4n) is 1.87. The van der Waals surface area contributed by atoms with Crippen molar-refractivity contribution in [3.05, 3.63) is 39.9 Å². The average Bonchev–Trinajstić information content (AvgIpc) is 2.86. The number of hydrazone groups is 1. The first-order valence-electron chi connectivity index (χ1n) is 6.68. The molecule has 1 fully saturated rings. The third-order valence-corrected chi connectivity index (χ3v) is 2.97. The van der Waals surface area contributed by atoms with Crippen LogP contribution in [0.4, 0.5) is 10.5 Å². The van der Waals surface area contributed by atoms with Crippen molar-refractivity contribution in [1.82, 2.24) is 10.3 Å². The number of nitrogens with one attached hydrogen (secondary N) is 1. The Hall–Kier alpha value is -2.52. The van der Waals surface area contributed by atoms with E-state index in [0.717, 1.165) is 0 Å². The number of cyclic esters (lactones) is 1. The van der Waals surface area contributed by atoms with Gasteiger partial charge in [0.05, 0.1) is 24.3 Å². The van der Waals surface area contributed by atoms with Gasteiger partial charge < -0.3 is 15.2 Å². The molecule has 1 aromatic carbocycles. The summed E-state index contributed by atoms with van der Waals surface area (Å²) in [5.41, 5.74) is 0.632. The zero-order chi connectivity index (χ0) is 15.9. The number of hydrogen-bond donors (Lipinski definition) is 2. The topological polar surface area (TPSA) is 117 Å². The number of non-ortho nitro benzene ring substituents is 1. The number of hydrogen-bond acceptors (Lipinski definition) is 7. The first kappa shape index (κ1) is 15.9. The lowest BCUT2D eigenvalue weighted by Gasteiger charge is -2.07. The number of nitrogens with zero attached hydrogens (tertiary/aromatic N) is 3. The largest absolute Gasteiger partial charge is 0.441 e. The van der Waals surface area contributed by atoms with Crippen LogP contribution in [0.2, 0.25) is 0 Å². The van der Waals surface area contributed by atoms with Gasteiger partial charge >= 0.3 is 6.09 Å². The Labute approximate surface area is 126 Å². The molecule has 9 nitrogen and oxygen atoms in total. The molecular formula is C13H16N4O5. The molecule has 0 saturated carbocycles. The molecule has 1 atom stereocenters. The minimum Gasteiger partial charge on any atom is -0.441 e. The van der Waals surface area contributed by atoms with Crippen molar-refractivity contribution < 1.29 is 19.6 Å². The predicted molar refractivity (Wildman–Crippen MR) is 77.6 cm³/mol. The first-order valence-corrected chi connectivity index (χ1v) is 6.68. The van der Waals surface area contributed by atoms with Gasteiger partial charge in [-0.05, 0) is 17.7 Å². The van der Waals surface area contributed by atoms with Crippen molar-refractivity contribution in [2.75, 3.05) is 26.2 Å². The number of carbonyl (C=O) groups is 1. The van der Waals surface area contributed by atoms with E-state index in [1.54, 1.807) is 12.1 Å². The van der Waals surface area contributed by atoms with Gasteiger partial charge in [-0.25, -0.2) is 4.79 Å². The number of ether oxygens (including phenoxy) is 1. The van der Waals surface area contributed by atoms with E-state index in [4.69, 9.17) is 9.84 Å². The van der Waals surface area contributed by atoms with Crippen LogP contribution in [0.3, 0.4) is 0 Å². The molecule has 118 valence electrons. The molecule has 2 N–H and O–H groups in total. The van der Waals surface area contributed by atoms with Crippen LogP contribution in [0.5, 0.6) is 0 Å². The number of carbonyl (C=O) groups excluding carboxylic acids is 1. The van der Waals surface area contributed by atoms with E-state index in [9.17, 15) is 14.9 Å². The van der Waals surface area contributed by atoms with E-state index in [1.807, 2.05) is 0 Å². The van der Waals surface area contributed by atoms with E-state index in [1.165, 1.54) is 23.4 Å². The molecule has 0 radical (unpaired) electrons. The van der Waals surface area contributed by atoms with Crippen LogP contribution in [-0.4, -0.2) is 59.7 Å². The second-order valence-corrected chi connectivity index (χ2v) is 4.61. The van der Waals surface area contributed by atoms with Gasteiger partial charge in [0.1, 0.15) is 6.10 Å². The molecule has 2 rings (SSSR count). The van der Waals surface area contributed by atoms with E-state index >= 15 is 0 Å². The highest BCUT2D eigenvalue weighted by molar-refractivity contribution is 5.81.